The van der Waals surface area contributed by atoms with Crippen LogP contribution in [0.25, 0.3) is 0 Å². The van der Waals surface area contributed by atoms with Crippen LogP contribution in [0.1, 0.15) is 23.2 Å². The number of alkyl halides is 1. The molecular formula is C12H13ClINO. The average Bonchev–Trinajstić information content (AvgIpc) is 2.76. The Labute approximate surface area is 114 Å². The van der Waals surface area contributed by atoms with Crippen LogP contribution < -0.4 is 0 Å². The number of rotatable bonds is 2. The van der Waals surface area contributed by atoms with Crippen molar-refractivity contribution < 1.29 is 4.79 Å². The predicted octanol–water partition coefficient (Wildman–Crippen LogP) is 3.13. The second-order valence-electron chi connectivity index (χ2n) is 3.96. The molecule has 1 aromatic carbocycles. The van der Waals surface area contributed by atoms with Crippen LogP contribution in [0.2, 0.25) is 0 Å². The van der Waals surface area contributed by atoms with Crippen LogP contribution >= 0.6 is 34.2 Å². The zero-order valence-corrected chi connectivity index (χ0v) is 11.7. The molecule has 2 rings (SSSR count). The van der Waals surface area contributed by atoms with Gasteiger partial charge in [-0.15, -0.1) is 11.6 Å². The van der Waals surface area contributed by atoms with E-state index in [1.54, 1.807) is 0 Å². The number of hydrogen-bond acceptors (Lipinski definition) is 1. The van der Waals surface area contributed by atoms with Crippen LogP contribution in [0.15, 0.2) is 24.3 Å². The molecule has 1 heterocycles. The smallest absolute Gasteiger partial charge is 0.254 e. The third-order valence-corrected chi connectivity index (χ3v) is 3.91. The van der Waals surface area contributed by atoms with Gasteiger partial charge in [-0.05, 0) is 53.6 Å². The summed E-state index contributed by atoms with van der Waals surface area (Å²) >= 11 is 8.09. The highest BCUT2D eigenvalue weighted by molar-refractivity contribution is 14.1. The number of carbonyl (C=O) groups excluding carboxylic acids is 1. The fourth-order valence-electron chi connectivity index (χ4n) is 2.05. The minimum Gasteiger partial charge on any atom is -0.334 e. The molecule has 1 amide bonds. The Bertz CT molecular complexity index is 396. The highest BCUT2D eigenvalue weighted by atomic mass is 127. The first-order valence-electron chi connectivity index (χ1n) is 5.35. The standard InChI is InChI=1S/C12H13ClINO/c13-8-11-5-2-6-15(11)12(16)9-3-1-4-10(14)7-9/h1,3-4,7,11H,2,5-6,8H2. The normalized spacial score (nSPS) is 20.1. The zero-order valence-electron chi connectivity index (χ0n) is 8.83. The summed E-state index contributed by atoms with van der Waals surface area (Å²) in [7, 11) is 0. The quantitative estimate of drug-likeness (QED) is 0.593. The van der Waals surface area contributed by atoms with Gasteiger partial charge < -0.3 is 4.90 Å². The molecule has 0 saturated carbocycles. The van der Waals surface area contributed by atoms with Gasteiger partial charge in [0.1, 0.15) is 0 Å². The van der Waals surface area contributed by atoms with Crippen LogP contribution in [0.4, 0.5) is 0 Å². The molecule has 0 radical (unpaired) electrons. The SMILES string of the molecule is O=C(c1cccc(I)c1)N1CCCC1CCl. The third kappa shape index (κ3) is 2.51. The van der Waals surface area contributed by atoms with Gasteiger partial charge in [0.25, 0.3) is 5.91 Å². The van der Waals surface area contributed by atoms with Crippen LogP contribution in [-0.2, 0) is 0 Å². The largest absolute Gasteiger partial charge is 0.334 e. The Morgan fingerprint density at radius 3 is 3.06 bits per heavy atom. The fraction of sp³-hybridized carbons (Fsp3) is 0.417. The van der Waals surface area contributed by atoms with Gasteiger partial charge in [0.2, 0.25) is 0 Å². The monoisotopic (exact) mass is 349 g/mol. The van der Waals surface area contributed by atoms with Gasteiger partial charge >= 0.3 is 0 Å². The molecule has 1 atom stereocenters. The highest BCUT2D eigenvalue weighted by Crippen LogP contribution is 2.21. The maximum Gasteiger partial charge on any atom is 0.254 e. The van der Waals surface area contributed by atoms with Gasteiger partial charge in [0, 0.05) is 27.6 Å². The van der Waals surface area contributed by atoms with Crippen LogP contribution in [0.5, 0.6) is 0 Å². The molecule has 4 heteroatoms. The number of likely N-dealkylation sites (tertiary alicyclic amines) is 1. The van der Waals surface area contributed by atoms with Gasteiger partial charge in [-0.1, -0.05) is 6.07 Å². The molecule has 1 fully saturated rings. The van der Waals surface area contributed by atoms with Gasteiger partial charge in [-0.3, -0.25) is 4.79 Å². The van der Waals surface area contributed by atoms with Crippen molar-refractivity contribution in [1.29, 1.82) is 0 Å². The molecule has 0 N–H and O–H groups in total. The molecule has 1 unspecified atom stereocenters. The summed E-state index contributed by atoms with van der Waals surface area (Å²) in [6.45, 7) is 0.835. The molecule has 0 bridgehead atoms. The van der Waals surface area contributed by atoms with Crippen molar-refractivity contribution in [2.24, 2.45) is 0 Å². The first kappa shape index (κ1) is 12.2. The van der Waals surface area contributed by atoms with Gasteiger partial charge in [0.05, 0.1) is 0 Å². The molecule has 16 heavy (non-hydrogen) atoms. The molecule has 0 aromatic heterocycles. The lowest BCUT2D eigenvalue weighted by Gasteiger charge is -2.23. The molecule has 2 nitrogen and oxygen atoms in total. The van der Waals surface area contributed by atoms with Crippen molar-refractivity contribution in [3.05, 3.63) is 33.4 Å². The van der Waals surface area contributed by atoms with Gasteiger partial charge in [0.15, 0.2) is 0 Å². The number of halogens is 2. The minimum absolute atomic E-state index is 0.113. The lowest BCUT2D eigenvalue weighted by molar-refractivity contribution is 0.0749. The van der Waals surface area contributed by atoms with Crippen LogP contribution in [0, 0.1) is 3.57 Å². The summed E-state index contributed by atoms with van der Waals surface area (Å²) in [5.74, 6) is 0.650. The van der Waals surface area contributed by atoms with E-state index in [1.807, 2.05) is 29.2 Å². The second-order valence-corrected chi connectivity index (χ2v) is 5.51. The topological polar surface area (TPSA) is 20.3 Å². The second kappa shape index (κ2) is 5.36. The van der Waals surface area contributed by atoms with Gasteiger partial charge in [-0.25, -0.2) is 0 Å². The molecule has 0 spiro atoms. The molecule has 1 aliphatic heterocycles. The van der Waals surface area contributed by atoms with E-state index >= 15 is 0 Å². The fourth-order valence-corrected chi connectivity index (χ4v) is 2.91. The summed E-state index contributed by atoms with van der Waals surface area (Å²) in [5.41, 5.74) is 0.768. The minimum atomic E-state index is 0.113. The Morgan fingerprint density at radius 1 is 1.56 bits per heavy atom. The molecule has 1 aliphatic rings. The number of nitrogens with zero attached hydrogens (tertiary/aromatic N) is 1. The van der Waals surface area contributed by atoms with Gasteiger partial charge in [-0.2, -0.15) is 0 Å². The van der Waals surface area contributed by atoms with E-state index in [9.17, 15) is 4.79 Å². The third-order valence-electron chi connectivity index (χ3n) is 2.89. The van der Waals surface area contributed by atoms with E-state index in [2.05, 4.69) is 22.6 Å². The van der Waals surface area contributed by atoms with Crippen molar-refractivity contribution in [2.45, 2.75) is 18.9 Å². The number of benzene rings is 1. The van der Waals surface area contributed by atoms with Crippen LogP contribution in [0.3, 0.4) is 0 Å². The van der Waals surface area contributed by atoms with Crippen molar-refractivity contribution in [3.63, 3.8) is 0 Å². The maximum atomic E-state index is 12.2. The molecule has 0 aliphatic carbocycles. The van der Waals surface area contributed by atoms with Crippen molar-refractivity contribution >= 4 is 40.1 Å². The maximum absolute atomic E-state index is 12.2. The lowest BCUT2D eigenvalue weighted by atomic mass is 10.2. The van der Waals surface area contributed by atoms with E-state index in [0.717, 1.165) is 28.5 Å². The van der Waals surface area contributed by atoms with E-state index in [1.165, 1.54) is 0 Å². The summed E-state index contributed by atoms with van der Waals surface area (Å²) in [6.07, 6.45) is 2.09. The van der Waals surface area contributed by atoms with Crippen molar-refractivity contribution in [2.75, 3.05) is 12.4 Å². The first-order valence-corrected chi connectivity index (χ1v) is 6.96. The Hall–Kier alpha value is -0.290. The van der Waals surface area contributed by atoms with E-state index in [4.69, 9.17) is 11.6 Å². The summed E-state index contributed by atoms with van der Waals surface area (Å²) in [5, 5.41) is 0. The molecule has 1 aromatic rings. The molecular weight excluding hydrogens is 336 g/mol. The van der Waals surface area contributed by atoms with Crippen LogP contribution in [-0.4, -0.2) is 29.3 Å². The summed E-state index contributed by atoms with van der Waals surface area (Å²) in [4.78, 5) is 14.1. The van der Waals surface area contributed by atoms with Crippen molar-refractivity contribution in [3.8, 4) is 0 Å². The Morgan fingerprint density at radius 2 is 2.38 bits per heavy atom. The Balaban J connectivity index is 2.18. The Kier molecular flexibility index (Phi) is 4.08. The summed E-state index contributed by atoms with van der Waals surface area (Å²) < 4.78 is 1.09. The van der Waals surface area contributed by atoms with E-state index in [0.29, 0.717) is 5.88 Å². The zero-order chi connectivity index (χ0) is 11.5. The average molecular weight is 350 g/mol. The van der Waals surface area contributed by atoms with Crippen molar-refractivity contribution in [1.82, 2.24) is 4.90 Å². The highest BCUT2D eigenvalue weighted by Gasteiger charge is 2.28. The summed E-state index contributed by atoms with van der Waals surface area (Å²) in [6, 6.07) is 7.91. The number of hydrogen-bond donors (Lipinski definition) is 0. The van der Waals surface area contributed by atoms with E-state index in [-0.39, 0.29) is 11.9 Å². The predicted molar refractivity (Wildman–Crippen MR) is 73.9 cm³/mol. The van der Waals surface area contributed by atoms with E-state index < -0.39 is 0 Å². The number of amides is 1. The molecule has 86 valence electrons. The number of carbonyl (C=O) groups is 1. The lowest BCUT2D eigenvalue weighted by Crippen LogP contribution is -2.36. The first-order chi connectivity index (χ1) is 7.72. The molecule has 1 saturated heterocycles.